The summed E-state index contributed by atoms with van der Waals surface area (Å²) in [7, 11) is 1.90. The van der Waals surface area contributed by atoms with Gasteiger partial charge in [0.15, 0.2) is 0 Å². The van der Waals surface area contributed by atoms with Crippen LogP contribution in [0.3, 0.4) is 0 Å². The Kier molecular flexibility index (Phi) is 6.31. The molecule has 0 bridgehead atoms. The molecule has 0 saturated heterocycles. The topological polar surface area (TPSA) is 57.9 Å². The van der Waals surface area contributed by atoms with Crippen LogP contribution < -0.4 is 10.1 Å². The van der Waals surface area contributed by atoms with Gasteiger partial charge in [-0.3, -0.25) is 4.98 Å². The molecule has 104 valence electrons. The minimum Gasteiger partial charge on any atom is -0.492 e. The molecule has 0 spiro atoms. The number of hydrogen-bond acceptors (Lipinski definition) is 4. The predicted molar refractivity (Wildman–Crippen MR) is 75.7 cm³/mol. The van der Waals surface area contributed by atoms with Crippen LogP contribution in [0.25, 0.3) is 0 Å². The van der Waals surface area contributed by atoms with Gasteiger partial charge in [0.1, 0.15) is 5.75 Å². The zero-order chi connectivity index (χ0) is 14.1. The molecule has 0 atom stereocenters. The summed E-state index contributed by atoms with van der Waals surface area (Å²) in [6.07, 6.45) is 4.63. The number of ether oxygens (including phenoxy) is 1. The van der Waals surface area contributed by atoms with Crippen molar-refractivity contribution in [2.75, 3.05) is 13.7 Å². The molecule has 1 aromatic rings. The van der Waals surface area contributed by atoms with Gasteiger partial charge in [-0.25, -0.2) is 0 Å². The van der Waals surface area contributed by atoms with Crippen LogP contribution in [0.1, 0.15) is 38.8 Å². The quantitative estimate of drug-likeness (QED) is 0.731. The number of rotatable bonds is 8. The lowest BCUT2D eigenvalue weighted by Crippen LogP contribution is -2.08. The molecule has 0 amide bonds. The molecule has 0 aliphatic carbocycles. The van der Waals surface area contributed by atoms with Gasteiger partial charge >= 0.3 is 0 Å². The third-order valence-electron chi connectivity index (χ3n) is 2.92. The molecule has 19 heavy (non-hydrogen) atoms. The molecule has 0 aromatic carbocycles. The van der Waals surface area contributed by atoms with Crippen molar-refractivity contribution in [1.29, 1.82) is 5.26 Å². The maximum Gasteiger partial charge on any atom is 0.137 e. The van der Waals surface area contributed by atoms with E-state index in [2.05, 4.69) is 16.4 Å². The third-order valence-corrected chi connectivity index (χ3v) is 2.92. The lowest BCUT2D eigenvalue weighted by atomic mass is 9.89. The summed E-state index contributed by atoms with van der Waals surface area (Å²) in [4.78, 5) is 4.29. The average Bonchev–Trinajstić information content (AvgIpc) is 2.40. The second kappa shape index (κ2) is 7.75. The SMILES string of the molecule is CNCc1ccc(OCCCCC(C)(C)C#N)cn1. The van der Waals surface area contributed by atoms with Crippen LogP contribution in [0.15, 0.2) is 18.3 Å². The smallest absolute Gasteiger partial charge is 0.137 e. The fourth-order valence-electron chi connectivity index (χ4n) is 1.70. The fraction of sp³-hybridized carbons (Fsp3) is 0.600. The van der Waals surface area contributed by atoms with Gasteiger partial charge in [-0.1, -0.05) is 0 Å². The Morgan fingerprint density at radius 3 is 2.74 bits per heavy atom. The largest absolute Gasteiger partial charge is 0.492 e. The molecule has 0 unspecified atom stereocenters. The van der Waals surface area contributed by atoms with Gasteiger partial charge in [0, 0.05) is 6.54 Å². The van der Waals surface area contributed by atoms with Crippen molar-refractivity contribution in [3.05, 3.63) is 24.0 Å². The summed E-state index contributed by atoms with van der Waals surface area (Å²) in [6.45, 7) is 5.38. The Morgan fingerprint density at radius 1 is 1.37 bits per heavy atom. The molecule has 1 aromatic heterocycles. The van der Waals surface area contributed by atoms with Crippen molar-refractivity contribution in [3.63, 3.8) is 0 Å². The first-order chi connectivity index (χ1) is 9.07. The summed E-state index contributed by atoms with van der Waals surface area (Å²) >= 11 is 0. The maximum atomic E-state index is 8.90. The van der Waals surface area contributed by atoms with E-state index in [1.807, 2.05) is 33.0 Å². The first-order valence-electron chi connectivity index (χ1n) is 6.71. The molecule has 4 heteroatoms. The summed E-state index contributed by atoms with van der Waals surface area (Å²) in [6, 6.07) is 6.22. The van der Waals surface area contributed by atoms with E-state index in [0.29, 0.717) is 6.61 Å². The Bertz CT molecular complexity index is 406. The Balaban J connectivity index is 2.21. The van der Waals surface area contributed by atoms with Gasteiger partial charge in [-0.05, 0) is 52.3 Å². The zero-order valence-corrected chi connectivity index (χ0v) is 12.1. The van der Waals surface area contributed by atoms with Gasteiger partial charge in [0.25, 0.3) is 0 Å². The van der Waals surface area contributed by atoms with Crippen molar-refractivity contribution < 1.29 is 4.74 Å². The van der Waals surface area contributed by atoms with Crippen LogP contribution in [-0.4, -0.2) is 18.6 Å². The fourth-order valence-corrected chi connectivity index (χ4v) is 1.70. The van der Waals surface area contributed by atoms with E-state index in [0.717, 1.165) is 37.3 Å². The van der Waals surface area contributed by atoms with Crippen LogP contribution >= 0.6 is 0 Å². The number of pyridine rings is 1. The number of nitriles is 1. The average molecular weight is 261 g/mol. The van der Waals surface area contributed by atoms with Crippen molar-refractivity contribution in [2.45, 2.75) is 39.7 Å². The summed E-state index contributed by atoms with van der Waals surface area (Å²) < 4.78 is 5.62. The molecule has 1 heterocycles. The van der Waals surface area contributed by atoms with Crippen molar-refractivity contribution in [1.82, 2.24) is 10.3 Å². The molecule has 0 aliphatic heterocycles. The highest BCUT2D eigenvalue weighted by atomic mass is 16.5. The molecule has 1 rings (SSSR count). The molecule has 0 radical (unpaired) electrons. The number of nitrogens with one attached hydrogen (secondary N) is 1. The van der Waals surface area contributed by atoms with E-state index in [9.17, 15) is 0 Å². The lowest BCUT2D eigenvalue weighted by molar-refractivity contribution is 0.294. The predicted octanol–water partition coefficient (Wildman–Crippen LogP) is 2.90. The van der Waals surface area contributed by atoms with Crippen LogP contribution in [0, 0.1) is 16.7 Å². The first kappa shape index (κ1) is 15.5. The van der Waals surface area contributed by atoms with E-state index in [-0.39, 0.29) is 5.41 Å². The minimum atomic E-state index is -0.226. The van der Waals surface area contributed by atoms with Crippen LogP contribution in [-0.2, 0) is 6.54 Å². The van der Waals surface area contributed by atoms with Gasteiger partial charge in [-0.2, -0.15) is 5.26 Å². The van der Waals surface area contributed by atoms with Crippen LogP contribution in [0.4, 0.5) is 0 Å². The monoisotopic (exact) mass is 261 g/mol. The first-order valence-corrected chi connectivity index (χ1v) is 6.71. The van der Waals surface area contributed by atoms with Crippen molar-refractivity contribution in [3.8, 4) is 11.8 Å². The molecule has 0 aliphatic rings. The number of nitrogens with zero attached hydrogens (tertiary/aromatic N) is 2. The molecular formula is C15H23N3O. The number of unbranched alkanes of at least 4 members (excludes halogenated alkanes) is 1. The molecule has 0 fully saturated rings. The lowest BCUT2D eigenvalue weighted by Gasteiger charge is -2.14. The summed E-state index contributed by atoms with van der Waals surface area (Å²) in [5, 5.41) is 12.0. The highest BCUT2D eigenvalue weighted by Gasteiger charge is 2.15. The van der Waals surface area contributed by atoms with E-state index in [4.69, 9.17) is 10.00 Å². The maximum absolute atomic E-state index is 8.90. The molecule has 0 saturated carbocycles. The highest BCUT2D eigenvalue weighted by molar-refractivity contribution is 5.19. The summed E-state index contributed by atoms with van der Waals surface area (Å²) in [5.74, 6) is 0.805. The van der Waals surface area contributed by atoms with Gasteiger partial charge in [0.05, 0.1) is 30.0 Å². The van der Waals surface area contributed by atoms with Gasteiger partial charge in [0.2, 0.25) is 0 Å². The minimum absolute atomic E-state index is 0.226. The second-order valence-electron chi connectivity index (χ2n) is 5.32. The Morgan fingerprint density at radius 2 is 2.16 bits per heavy atom. The third kappa shape index (κ3) is 6.21. The van der Waals surface area contributed by atoms with Crippen molar-refractivity contribution >= 4 is 0 Å². The standard InChI is InChI=1S/C15H23N3O/c1-15(2,12-16)8-4-5-9-19-14-7-6-13(10-17-3)18-11-14/h6-7,11,17H,4-5,8-10H2,1-3H3. The van der Waals surface area contributed by atoms with Crippen LogP contribution in [0.2, 0.25) is 0 Å². The highest BCUT2D eigenvalue weighted by Crippen LogP contribution is 2.21. The molecular weight excluding hydrogens is 238 g/mol. The van der Waals surface area contributed by atoms with Crippen LogP contribution in [0.5, 0.6) is 5.75 Å². The van der Waals surface area contributed by atoms with E-state index >= 15 is 0 Å². The van der Waals surface area contributed by atoms with Gasteiger partial charge < -0.3 is 10.1 Å². The van der Waals surface area contributed by atoms with E-state index in [1.165, 1.54) is 0 Å². The van der Waals surface area contributed by atoms with E-state index < -0.39 is 0 Å². The number of aromatic nitrogens is 1. The molecule has 1 N–H and O–H groups in total. The van der Waals surface area contributed by atoms with Crippen molar-refractivity contribution in [2.24, 2.45) is 5.41 Å². The summed E-state index contributed by atoms with van der Waals surface area (Å²) in [5.41, 5.74) is 0.779. The Hall–Kier alpha value is -1.60. The molecule has 4 nitrogen and oxygen atoms in total. The normalized spacial score (nSPS) is 11.1. The number of hydrogen-bond donors (Lipinski definition) is 1. The van der Waals surface area contributed by atoms with E-state index in [1.54, 1.807) is 6.20 Å². The van der Waals surface area contributed by atoms with Gasteiger partial charge in [-0.15, -0.1) is 0 Å². The second-order valence-corrected chi connectivity index (χ2v) is 5.32. The zero-order valence-electron chi connectivity index (χ0n) is 12.1. The Labute approximate surface area is 115 Å².